The molecular weight excluding hydrogens is 162 g/mol. The summed E-state index contributed by atoms with van der Waals surface area (Å²) in [5, 5.41) is 8.56. The molecule has 0 aromatic heterocycles. The Bertz CT molecular complexity index is 103. The molecule has 1 unspecified atom stereocenters. The largest absolute Gasteiger partial charge is 0.393 e. The van der Waals surface area contributed by atoms with Gasteiger partial charge in [0.15, 0.2) is 0 Å². The first kappa shape index (κ1) is 11.2. The Kier molecular flexibility index (Phi) is 5.08. The molecule has 68 valence electrons. The molecule has 0 bridgehead atoms. The molecule has 0 aliphatic heterocycles. The van der Waals surface area contributed by atoms with Crippen LogP contribution in [0.3, 0.4) is 0 Å². The third-order valence-corrected chi connectivity index (χ3v) is 1.54. The molecule has 0 aliphatic carbocycles. The van der Waals surface area contributed by atoms with Crippen LogP contribution in [0.15, 0.2) is 0 Å². The zero-order valence-corrected chi connectivity index (χ0v) is 8.34. The number of hydrogen-bond acceptors (Lipinski definition) is 3. The maximum Gasteiger partial charge on any atom is 0.123 e. The number of ether oxygens (including phenoxy) is 1. The van der Waals surface area contributed by atoms with Gasteiger partial charge in [0.25, 0.3) is 0 Å². The van der Waals surface area contributed by atoms with Crippen molar-refractivity contribution in [3.05, 3.63) is 0 Å². The van der Waals surface area contributed by atoms with E-state index in [1.54, 1.807) is 0 Å². The fourth-order valence-corrected chi connectivity index (χ4v) is 0.621. The van der Waals surface area contributed by atoms with Gasteiger partial charge in [-0.25, -0.2) is 0 Å². The molecule has 4 heteroatoms. The summed E-state index contributed by atoms with van der Waals surface area (Å²) in [6, 6.07) is 0. The van der Waals surface area contributed by atoms with Crippen molar-refractivity contribution in [2.45, 2.75) is 5.44 Å². The van der Waals surface area contributed by atoms with Crippen molar-refractivity contribution in [1.82, 2.24) is 0 Å². The van der Waals surface area contributed by atoms with Gasteiger partial charge in [0.1, 0.15) is 12.0 Å². The van der Waals surface area contributed by atoms with Gasteiger partial charge in [-0.1, -0.05) is 0 Å². The molecule has 0 aromatic rings. The lowest BCUT2D eigenvalue weighted by Crippen LogP contribution is -2.38. The SMILES string of the molecule is C[N+](C)(C)CCOC(S)CO. The van der Waals surface area contributed by atoms with Gasteiger partial charge in [-0.15, -0.1) is 12.6 Å². The van der Waals surface area contributed by atoms with E-state index in [1.807, 2.05) is 0 Å². The summed E-state index contributed by atoms with van der Waals surface area (Å²) >= 11 is 3.98. The van der Waals surface area contributed by atoms with Crippen molar-refractivity contribution in [2.24, 2.45) is 0 Å². The zero-order valence-electron chi connectivity index (χ0n) is 7.45. The second-order valence-electron chi connectivity index (χ2n) is 3.52. The third-order valence-electron chi connectivity index (χ3n) is 1.23. The fourth-order valence-electron chi connectivity index (χ4n) is 0.515. The lowest BCUT2D eigenvalue weighted by Gasteiger charge is -2.24. The van der Waals surface area contributed by atoms with E-state index < -0.39 is 0 Å². The van der Waals surface area contributed by atoms with E-state index in [1.165, 1.54) is 0 Å². The fraction of sp³-hybridized carbons (Fsp3) is 1.00. The van der Waals surface area contributed by atoms with E-state index >= 15 is 0 Å². The van der Waals surface area contributed by atoms with Gasteiger partial charge in [0, 0.05) is 0 Å². The van der Waals surface area contributed by atoms with Crippen molar-refractivity contribution >= 4 is 12.6 Å². The van der Waals surface area contributed by atoms with Crippen molar-refractivity contribution < 1.29 is 14.3 Å². The number of nitrogens with zero attached hydrogens (tertiary/aromatic N) is 1. The number of hydrogen-bond donors (Lipinski definition) is 2. The van der Waals surface area contributed by atoms with Crippen LogP contribution >= 0.6 is 12.6 Å². The lowest BCUT2D eigenvalue weighted by atomic mass is 10.5. The van der Waals surface area contributed by atoms with Crippen LogP contribution in [0, 0.1) is 0 Å². The van der Waals surface area contributed by atoms with Crippen LogP contribution < -0.4 is 0 Å². The van der Waals surface area contributed by atoms with E-state index in [-0.39, 0.29) is 12.0 Å². The molecule has 0 amide bonds. The number of quaternary nitrogens is 1. The quantitative estimate of drug-likeness (QED) is 0.353. The molecule has 0 saturated carbocycles. The summed E-state index contributed by atoms with van der Waals surface area (Å²) < 4.78 is 6.03. The van der Waals surface area contributed by atoms with Crippen LogP contribution in [-0.2, 0) is 4.74 Å². The molecular formula is C7H18NO2S+. The van der Waals surface area contributed by atoms with Crippen LogP contribution in [0.25, 0.3) is 0 Å². The second kappa shape index (κ2) is 4.98. The van der Waals surface area contributed by atoms with Gasteiger partial charge in [0.2, 0.25) is 0 Å². The Morgan fingerprint density at radius 2 is 2.00 bits per heavy atom. The normalized spacial score (nSPS) is 15.0. The first-order valence-corrected chi connectivity index (χ1v) is 4.18. The van der Waals surface area contributed by atoms with Crippen molar-refractivity contribution in [1.29, 1.82) is 0 Å². The van der Waals surface area contributed by atoms with Gasteiger partial charge < -0.3 is 14.3 Å². The Hall–Kier alpha value is 0.230. The van der Waals surface area contributed by atoms with E-state index in [9.17, 15) is 0 Å². The monoisotopic (exact) mass is 180 g/mol. The Morgan fingerprint density at radius 1 is 1.45 bits per heavy atom. The number of thiol groups is 1. The van der Waals surface area contributed by atoms with Gasteiger partial charge in [-0.05, 0) is 0 Å². The molecule has 0 saturated heterocycles. The summed E-state index contributed by atoms with van der Waals surface area (Å²) in [6.45, 7) is 1.54. The Balaban J connectivity index is 3.28. The standard InChI is InChI=1S/C7H17NO2S/c1-8(2,3)4-5-10-7(11)6-9/h7,9H,4-6H2,1-3H3/p+1. The minimum atomic E-state index is -0.332. The highest BCUT2D eigenvalue weighted by atomic mass is 32.1. The van der Waals surface area contributed by atoms with Crippen LogP contribution in [0.1, 0.15) is 0 Å². The maximum absolute atomic E-state index is 8.56. The van der Waals surface area contributed by atoms with E-state index in [0.29, 0.717) is 6.61 Å². The van der Waals surface area contributed by atoms with Crippen molar-refractivity contribution in [3.8, 4) is 0 Å². The Morgan fingerprint density at radius 3 is 2.36 bits per heavy atom. The number of rotatable bonds is 5. The third kappa shape index (κ3) is 8.13. The average molecular weight is 180 g/mol. The summed E-state index contributed by atoms with van der Waals surface area (Å²) in [5.74, 6) is 0. The predicted octanol–water partition coefficient (Wildman–Crippen LogP) is -0.0426. The Labute approximate surface area is 74.0 Å². The molecule has 0 aromatic carbocycles. The minimum absolute atomic E-state index is 0.0275. The topological polar surface area (TPSA) is 29.5 Å². The van der Waals surface area contributed by atoms with E-state index in [2.05, 4.69) is 33.8 Å². The van der Waals surface area contributed by atoms with Gasteiger partial charge in [-0.3, -0.25) is 0 Å². The van der Waals surface area contributed by atoms with Crippen LogP contribution in [0.5, 0.6) is 0 Å². The average Bonchev–Trinajstić information content (AvgIpc) is 1.85. The summed E-state index contributed by atoms with van der Waals surface area (Å²) in [4.78, 5) is 0. The molecule has 1 N–H and O–H groups in total. The predicted molar refractivity (Wildman–Crippen MR) is 48.7 cm³/mol. The number of aliphatic hydroxyl groups is 1. The van der Waals surface area contributed by atoms with Gasteiger partial charge in [0.05, 0.1) is 34.4 Å². The maximum atomic E-state index is 8.56. The minimum Gasteiger partial charge on any atom is -0.393 e. The highest BCUT2D eigenvalue weighted by Crippen LogP contribution is 1.97. The molecule has 0 spiro atoms. The first-order chi connectivity index (χ1) is 4.95. The smallest absolute Gasteiger partial charge is 0.123 e. The van der Waals surface area contributed by atoms with Crippen LogP contribution in [0.4, 0.5) is 0 Å². The molecule has 0 rings (SSSR count). The van der Waals surface area contributed by atoms with Crippen molar-refractivity contribution in [2.75, 3.05) is 40.9 Å². The number of likely N-dealkylation sites (N-methyl/N-ethyl adjacent to an activating group) is 1. The highest BCUT2D eigenvalue weighted by Gasteiger charge is 2.07. The molecule has 0 fully saturated rings. The second-order valence-corrected chi connectivity index (χ2v) is 4.10. The van der Waals surface area contributed by atoms with Gasteiger partial charge in [-0.2, -0.15) is 0 Å². The van der Waals surface area contributed by atoms with Crippen LogP contribution in [-0.4, -0.2) is 55.9 Å². The summed E-state index contributed by atoms with van der Waals surface area (Å²) in [7, 11) is 6.28. The highest BCUT2D eigenvalue weighted by molar-refractivity contribution is 7.80. The zero-order chi connectivity index (χ0) is 8.91. The molecule has 0 radical (unpaired) electrons. The lowest BCUT2D eigenvalue weighted by molar-refractivity contribution is -0.870. The van der Waals surface area contributed by atoms with E-state index in [4.69, 9.17) is 9.84 Å². The number of aliphatic hydroxyl groups excluding tert-OH is 1. The van der Waals surface area contributed by atoms with Gasteiger partial charge >= 0.3 is 0 Å². The summed E-state index contributed by atoms with van der Waals surface area (Å²) in [6.07, 6.45) is 0. The summed E-state index contributed by atoms with van der Waals surface area (Å²) in [5.41, 5.74) is -0.332. The van der Waals surface area contributed by atoms with Crippen LogP contribution in [0.2, 0.25) is 0 Å². The molecule has 3 nitrogen and oxygen atoms in total. The van der Waals surface area contributed by atoms with Crippen molar-refractivity contribution in [3.63, 3.8) is 0 Å². The molecule has 11 heavy (non-hydrogen) atoms. The molecule has 0 aliphatic rings. The first-order valence-electron chi connectivity index (χ1n) is 3.66. The van der Waals surface area contributed by atoms with E-state index in [0.717, 1.165) is 11.0 Å². The molecule has 1 atom stereocenters. The molecule has 0 heterocycles.